The Morgan fingerprint density at radius 2 is 1.71 bits per heavy atom. The third-order valence-corrected chi connectivity index (χ3v) is 3.41. The fourth-order valence-corrected chi connectivity index (χ4v) is 2.41. The summed E-state index contributed by atoms with van der Waals surface area (Å²) < 4.78 is 0. The summed E-state index contributed by atoms with van der Waals surface area (Å²) in [5.41, 5.74) is 5.08. The zero-order valence-corrected chi connectivity index (χ0v) is 13.6. The van der Waals surface area contributed by atoms with Crippen LogP contribution in [0.5, 0.6) is 0 Å². The van der Waals surface area contributed by atoms with E-state index in [4.69, 9.17) is 0 Å². The average Bonchev–Trinajstić information content (AvgIpc) is 2.45. The van der Waals surface area contributed by atoms with E-state index in [1.165, 1.54) is 22.3 Å². The number of aromatic nitrogens is 1. The van der Waals surface area contributed by atoms with Crippen LogP contribution in [0.3, 0.4) is 0 Å². The molecular formula is C19H26N2. The van der Waals surface area contributed by atoms with Crippen LogP contribution in [0.4, 0.5) is 0 Å². The molecule has 0 unspecified atom stereocenters. The van der Waals surface area contributed by atoms with Crippen LogP contribution < -0.4 is 5.32 Å². The lowest BCUT2D eigenvalue weighted by atomic mass is 9.98. The minimum atomic E-state index is 0.489. The molecule has 0 spiro atoms. The average molecular weight is 282 g/mol. The van der Waals surface area contributed by atoms with Crippen LogP contribution >= 0.6 is 0 Å². The van der Waals surface area contributed by atoms with E-state index in [9.17, 15) is 0 Å². The van der Waals surface area contributed by atoms with Gasteiger partial charge in [0.1, 0.15) is 0 Å². The lowest BCUT2D eigenvalue weighted by Crippen LogP contribution is -2.21. The largest absolute Gasteiger partial charge is 0.310 e. The molecular weight excluding hydrogens is 256 g/mol. The first kappa shape index (κ1) is 15.7. The molecule has 2 rings (SSSR count). The predicted molar refractivity (Wildman–Crippen MR) is 90.2 cm³/mol. The Bertz CT molecular complexity index is 573. The minimum Gasteiger partial charge on any atom is -0.310 e. The zero-order chi connectivity index (χ0) is 15.2. The molecule has 0 amide bonds. The molecule has 0 aliphatic carbocycles. The van der Waals surface area contributed by atoms with Gasteiger partial charge < -0.3 is 5.32 Å². The van der Waals surface area contributed by atoms with Gasteiger partial charge >= 0.3 is 0 Å². The smallest absolute Gasteiger partial charge is 0.0346 e. The molecule has 0 aliphatic heterocycles. The highest BCUT2D eigenvalue weighted by Gasteiger charge is 2.04. The highest BCUT2D eigenvalue weighted by atomic mass is 14.9. The third-order valence-electron chi connectivity index (χ3n) is 3.41. The van der Waals surface area contributed by atoms with E-state index < -0.39 is 0 Å². The molecule has 1 heterocycles. The molecule has 1 aromatic carbocycles. The monoisotopic (exact) mass is 282 g/mol. The highest BCUT2D eigenvalue weighted by Crippen LogP contribution is 2.22. The molecule has 0 radical (unpaired) electrons. The van der Waals surface area contributed by atoms with Crippen molar-refractivity contribution >= 4 is 0 Å². The maximum absolute atomic E-state index is 4.39. The van der Waals surface area contributed by atoms with E-state index in [0.29, 0.717) is 12.0 Å². The Morgan fingerprint density at radius 1 is 0.952 bits per heavy atom. The van der Waals surface area contributed by atoms with Crippen molar-refractivity contribution in [3.8, 4) is 11.1 Å². The van der Waals surface area contributed by atoms with Gasteiger partial charge in [-0.25, -0.2) is 0 Å². The maximum atomic E-state index is 4.39. The number of hydrogen-bond acceptors (Lipinski definition) is 2. The molecule has 1 aromatic heterocycles. The van der Waals surface area contributed by atoms with Gasteiger partial charge in [0.15, 0.2) is 0 Å². The van der Waals surface area contributed by atoms with Gasteiger partial charge in [0.2, 0.25) is 0 Å². The third kappa shape index (κ3) is 4.98. The van der Waals surface area contributed by atoms with Crippen LogP contribution in [0.15, 0.2) is 42.7 Å². The summed E-state index contributed by atoms with van der Waals surface area (Å²) in [5, 5.41) is 3.44. The molecule has 1 N–H and O–H groups in total. The predicted octanol–water partition coefficient (Wildman–Crippen LogP) is 4.45. The summed E-state index contributed by atoms with van der Waals surface area (Å²) in [6, 6.07) is 11.5. The Kier molecular flexibility index (Phi) is 5.51. The van der Waals surface area contributed by atoms with Crippen LogP contribution in [0.2, 0.25) is 0 Å². The number of pyridine rings is 1. The van der Waals surface area contributed by atoms with Gasteiger partial charge in [-0.15, -0.1) is 0 Å². The molecule has 0 saturated carbocycles. The van der Waals surface area contributed by atoms with E-state index in [0.717, 1.165) is 13.0 Å². The number of benzene rings is 1. The highest BCUT2D eigenvalue weighted by molar-refractivity contribution is 5.63. The topological polar surface area (TPSA) is 24.9 Å². The van der Waals surface area contributed by atoms with Crippen LogP contribution in [-0.4, -0.2) is 11.0 Å². The van der Waals surface area contributed by atoms with Crippen LogP contribution in [0.25, 0.3) is 11.1 Å². The summed E-state index contributed by atoms with van der Waals surface area (Å²) in [7, 11) is 0. The standard InChI is InChI=1S/C19H26N2/c1-14(2)8-16-6-5-7-18(9-16)19-10-17(11-20-13-19)12-21-15(3)4/h5-7,9-11,13-15,21H,8,12H2,1-4H3. The van der Waals surface area contributed by atoms with Crippen molar-refractivity contribution in [2.24, 2.45) is 5.92 Å². The number of nitrogens with one attached hydrogen (secondary N) is 1. The molecule has 21 heavy (non-hydrogen) atoms. The number of hydrogen-bond donors (Lipinski definition) is 1. The van der Waals surface area contributed by atoms with Gasteiger partial charge in [0, 0.05) is 30.5 Å². The Labute approximate surface area is 128 Å². The zero-order valence-electron chi connectivity index (χ0n) is 13.6. The van der Waals surface area contributed by atoms with Gasteiger partial charge in [-0.3, -0.25) is 4.98 Å². The Balaban J connectivity index is 2.19. The van der Waals surface area contributed by atoms with Crippen LogP contribution in [0.1, 0.15) is 38.8 Å². The first-order valence-electron chi connectivity index (χ1n) is 7.81. The SMILES string of the molecule is CC(C)Cc1cccc(-c2cncc(CNC(C)C)c2)c1. The van der Waals surface area contributed by atoms with Gasteiger partial charge in [-0.2, -0.15) is 0 Å². The van der Waals surface area contributed by atoms with Crippen molar-refractivity contribution in [1.29, 1.82) is 0 Å². The Morgan fingerprint density at radius 3 is 2.43 bits per heavy atom. The van der Waals surface area contributed by atoms with E-state index in [1.807, 2.05) is 12.4 Å². The first-order chi connectivity index (χ1) is 10.0. The van der Waals surface area contributed by atoms with Crippen molar-refractivity contribution in [2.75, 3.05) is 0 Å². The summed E-state index contributed by atoms with van der Waals surface area (Å²) in [4.78, 5) is 4.39. The van der Waals surface area contributed by atoms with Crippen molar-refractivity contribution in [3.05, 3.63) is 53.9 Å². The lowest BCUT2D eigenvalue weighted by molar-refractivity contribution is 0.588. The Hall–Kier alpha value is -1.67. The molecule has 112 valence electrons. The number of rotatable bonds is 6. The van der Waals surface area contributed by atoms with Crippen LogP contribution in [-0.2, 0) is 13.0 Å². The van der Waals surface area contributed by atoms with Gasteiger partial charge in [0.05, 0.1) is 0 Å². The minimum absolute atomic E-state index is 0.489. The fourth-order valence-electron chi connectivity index (χ4n) is 2.41. The second-order valence-corrected chi connectivity index (χ2v) is 6.42. The van der Waals surface area contributed by atoms with Crippen molar-refractivity contribution < 1.29 is 0 Å². The molecule has 0 aliphatic rings. The summed E-state index contributed by atoms with van der Waals surface area (Å²) >= 11 is 0. The molecule has 2 heteroatoms. The van der Waals surface area contributed by atoms with E-state index in [-0.39, 0.29) is 0 Å². The summed E-state index contributed by atoms with van der Waals surface area (Å²) in [6.45, 7) is 9.70. The molecule has 2 nitrogen and oxygen atoms in total. The normalized spacial score (nSPS) is 11.3. The second-order valence-electron chi connectivity index (χ2n) is 6.42. The van der Waals surface area contributed by atoms with Crippen molar-refractivity contribution in [1.82, 2.24) is 10.3 Å². The van der Waals surface area contributed by atoms with Gasteiger partial charge in [-0.1, -0.05) is 52.0 Å². The fraction of sp³-hybridized carbons (Fsp3) is 0.421. The van der Waals surface area contributed by atoms with Crippen LogP contribution in [0, 0.1) is 5.92 Å². The first-order valence-corrected chi connectivity index (χ1v) is 7.81. The molecule has 0 fully saturated rings. The second kappa shape index (κ2) is 7.37. The van der Waals surface area contributed by atoms with Crippen molar-refractivity contribution in [3.63, 3.8) is 0 Å². The van der Waals surface area contributed by atoms with E-state index in [2.05, 4.69) is 68.3 Å². The molecule has 0 atom stereocenters. The van der Waals surface area contributed by atoms with E-state index >= 15 is 0 Å². The van der Waals surface area contributed by atoms with Gasteiger partial charge in [0.25, 0.3) is 0 Å². The summed E-state index contributed by atoms with van der Waals surface area (Å²) in [6.07, 6.45) is 5.01. The lowest BCUT2D eigenvalue weighted by Gasteiger charge is -2.10. The summed E-state index contributed by atoms with van der Waals surface area (Å²) in [5.74, 6) is 0.681. The molecule has 0 saturated heterocycles. The molecule has 0 bridgehead atoms. The maximum Gasteiger partial charge on any atom is 0.0346 e. The number of nitrogens with zero attached hydrogens (tertiary/aromatic N) is 1. The van der Waals surface area contributed by atoms with E-state index in [1.54, 1.807) is 0 Å². The van der Waals surface area contributed by atoms with Crippen molar-refractivity contribution in [2.45, 2.75) is 46.7 Å². The molecule has 2 aromatic rings. The quantitative estimate of drug-likeness (QED) is 0.847. The van der Waals surface area contributed by atoms with Gasteiger partial charge in [-0.05, 0) is 35.1 Å².